The van der Waals surface area contributed by atoms with E-state index in [1.165, 1.54) is 0 Å². The van der Waals surface area contributed by atoms with Crippen molar-refractivity contribution in [1.82, 2.24) is 0 Å². The number of carboxylic acids is 1. The first-order valence-corrected chi connectivity index (χ1v) is 4.18. The van der Waals surface area contributed by atoms with Crippen LogP contribution >= 0.6 is 22.6 Å². The normalized spacial score (nSPS) is 35.6. The number of hydrogen-bond acceptors (Lipinski definition) is 2. The van der Waals surface area contributed by atoms with Gasteiger partial charge in [-0.3, -0.25) is 0 Å². The van der Waals surface area contributed by atoms with Crippen LogP contribution < -0.4 is 5.73 Å². The Hall–Kier alpha value is -0.100. The Kier molecular flexibility index (Phi) is 2.00. The van der Waals surface area contributed by atoms with Gasteiger partial charge in [0.2, 0.25) is 0 Å². The van der Waals surface area contributed by atoms with Crippen LogP contribution in [0.1, 0.15) is 12.8 Å². The summed E-state index contributed by atoms with van der Waals surface area (Å²) in [6, 6.07) is 0. The van der Waals surface area contributed by atoms with Crippen molar-refractivity contribution < 1.29 is 9.90 Å². The fraction of sp³-hybridized carbons (Fsp3) is 0.500. The van der Waals surface area contributed by atoms with Crippen LogP contribution in [0.15, 0.2) is 9.66 Å². The lowest BCUT2D eigenvalue weighted by molar-refractivity contribution is -0.143. The van der Waals surface area contributed by atoms with Crippen molar-refractivity contribution in [2.75, 3.05) is 0 Å². The van der Waals surface area contributed by atoms with Gasteiger partial charge in [-0.2, -0.15) is 0 Å². The molecular formula is C6H8INO2. The number of halogens is 1. The second-order valence-electron chi connectivity index (χ2n) is 2.41. The molecule has 0 amide bonds. The lowest BCUT2D eigenvalue weighted by Gasteiger charge is -2.36. The summed E-state index contributed by atoms with van der Waals surface area (Å²) < 4.78 is 1.76. The predicted molar refractivity (Wildman–Crippen MR) is 45.9 cm³/mol. The summed E-state index contributed by atoms with van der Waals surface area (Å²) in [4.78, 5) is 10.5. The summed E-state index contributed by atoms with van der Waals surface area (Å²) in [6.45, 7) is 0. The van der Waals surface area contributed by atoms with Crippen LogP contribution in [0.5, 0.6) is 0 Å². The Labute approximate surface area is 72.4 Å². The largest absolute Gasteiger partial charge is 0.480 e. The Morgan fingerprint density at radius 3 is 2.60 bits per heavy atom. The molecule has 4 heteroatoms. The van der Waals surface area contributed by atoms with Crippen molar-refractivity contribution in [3.05, 3.63) is 9.66 Å². The van der Waals surface area contributed by atoms with Gasteiger partial charge >= 0.3 is 5.97 Å². The van der Waals surface area contributed by atoms with E-state index in [4.69, 9.17) is 10.8 Å². The van der Waals surface area contributed by atoms with Gasteiger partial charge in [-0.15, -0.1) is 0 Å². The third-order valence-corrected chi connectivity index (χ3v) is 2.63. The first kappa shape index (κ1) is 8.00. The van der Waals surface area contributed by atoms with Crippen LogP contribution in [0.4, 0.5) is 0 Å². The zero-order chi connectivity index (χ0) is 7.78. The van der Waals surface area contributed by atoms with E-state index >= 15 is 0 Å². The monoisotopic (exact) mass is 249 g/mol. The number of carboxylic acid groups (broad SMARTS) is 1. The minimum atomic E-state index is -1.04. The SMILES string of the molecule is NC1(C(=O)O)CC/C1=C\[123I]. The molecule has 0 spiro atoms. The second kappa shape index (κ2) is 2.50. The van der Waals surface area contributed by atoms with Crippen LogP contribution in [0.25, 0.3) is 0 Å². The van der Waals surface area contributed by atoms with Gasteiger partial charge < -0.3 is 10.8 Å². The van der Waals surface area contributed by atoms with E-state index in [1.807, 2.05) is 22.6 Å². The highest BCUT2D eigenvalue weighted by molar-refractivity contribution is 14.1. The van der Waals surface area contributed by atoms with Crippen LogP contribution in [-0.2, 0) is 4.79 Å². The molecule has 1 rings (SSSR count). The van der Waals surface area contributed by atoms with Gasteiger partial charge in [-0.05, 0) is 22.5 Å². The summed E-state index contributed by atoms with van der Waals surface area (Å²) in [5.74, 6) is -0.915. The van der Waals surface area contributed by atoms with E-state index in [9.17, 15) is 4.79 Å². The second-order valence-corrected chi connectivity index (χ2v) is 3.03. The topological polar surface area (TPSA) is 63.3 Å². The van der Waals surface area contributed by atoms with E-state index in [0.29, 0.717) is 6.42 Å². The zero-order valence-corrected chi connectivity index (χ0v) is 7.46. The first-order valence-electron chi connectivity index (χ1n) is 2.93. The minimum absolute atomic E-state index is 0.567. The Balaban J connectivity index is 2.81. The number of hydrogen-bond donors (Lipinski definition) is 2. The van der Waals surface area contributed by atoms with Gasteiger partial charge in [0.15, 0.2) is 0 Å². The Morgan fingerprint density at radius 1 is 1.90 bits per heavy atom. The summed E-state index contributed by atoms with van der Waals surface area (Å²) in [6.07, 6.45) is 1.39. The predicted octanol–water partition coefficient (Wildman–Crippen LogP) is 0.881. The quantitative estimate of drug-likeness (QED) is 0.678. The summed E-state index contributed by atoms with van der Waals surface area (Å²) >= 11 is 2.02. The first-order chi connectivity index (χ1) is 4.61. The lowest BCUT2D eigenvalue weighted by atomic mass is 9.73. The molecule has 0 saturated heterocycles. The third-order valence-electron chi connectivity index (χ3n) is 1.88. The highest BCUT2D eigenvalue weighted by Crippen LogP contribution is 2.36. The molecule has 0 aromatic rings. The molecule has 1 saturated carbocycles. The standard InChI is InChI=1S/C6H8INO2/c7-3-4-1-2-6(4,8)5(9)10/h3H,1-2,8H2,(H,9,10)/b4-3+/i7-4. The fourth-order valence-corrected chi connectivity index (χ4v) is 1.80. The van der Waals surface area contributed by atoms with E-state index < -0.39 is 11.5 Å². The Morgan fingerprint density at radius 2 is 2.50 bits per heavy atom. The molecule has 0 heterocycles. The summed E-state index contributed by atoms with van der Waals surface area (Å²) in [5.41, 5.74) is 5.32. The van der Waals surface area contributed by atoms with Crippen molar-refractivity contribution in [2.24, 2.45) is 5.73 Å². The number of carbonyl (C=O) groups is 1. The van der Waals surface area contributed by atoms with Crippen molar-refractivity contribution in [2.45, 2.75) is 18.4 Å². The maximum absolute atomic E-state index is 10.5. The van der Waals surface area contributed by atoms with Crippen molar-refractivity contribution in [3.63, 3.8) is 0 Å². The third kappa shape index (κ3) is 0.950. The van der Waals surface area contributed by atoms with E-state index in [1.54, 1.807) is 4.08 Å². The maximum atomic E-state index is 10.5. The fourth-order valence-electron chi connectivity index (χ4n) is 0.935. The van der Waals surface area contributed by atoms with Crippen LogP contribution in [0.3, 0.4) is 0 Å². The summed E-state index contributed by atoms with van der Waals surface area (Å²) in [5, 5.41) is 8.62. The molecule has 1 aliphatic rings. The zero-order valence-electron chi connectivity index (χ0n) is 5.30. The molecule has 1 unspecified atom stereocenters. The number of nitrogens with two attached hydrogens (primary N) is 1. The molecule has 0 bridgehead atoms. The molecule has 3 nitrogen and oxygen atoms in total. The maximum Gasteiger partial charge on any atom is 0.328 e. The molecule has 10 heavy (non-hydrogen) atoms. The number of rotatable bonds is 1. The Bertz CT molecular complexity index is 202. The van der Waals surface area contributed by atoms with Crippen LogP contribution in [0, 0.1) is 0 Å². The highest BCUT2D eigenvalue weighted by atomic mass is 123. The molecule has 1 atom stereocenters. The molecule has 0 aromatic heterocycles. The van der Waals surface area contributed by atoms with Gasteiger partial charge in [-0.25, -0.2) is 4.79 Å². The van der Waals surface area contributed by atoms with Gasteiger partial charge in [0.25, 0.3) is 0 Å². The average molecular weight is 249 g/mol. The molecule has 0 radical (unpaired) electrons. The van der Waals surface area contributed by atoms with E-state index in [2.05, 4.69) is 0 Å². The van der Waals surface area contributed by atoms with Gasteiger partial charge in [0.05, 0.1) is 0 Å². The van der Waals surface area contributed by atoms with Crippen LogP contribution in [0.2, 0.25) is 0 Å². The molecule has 1 aliphatic carbocycles. The van der Waals surface area contributed by atoms with Gasteiger partial charge in [0.1, 0.15) is 5.54 Å². The van der Waals surface area contributed by atoms with Crippen molar-refractivity contribution >= 4 is 28.6 Å². The van der Waals surface area contributed by atoms with E-state index in [-0.39, 0.29) is 0 Å². The smallest absolute Gasteiger partial charge is 0.328 e. The highest BCUT2D eigenvalue weighted by Gasteiger charge is 2.44. The molecule has 1 fully saturated rings. The minimum Gasteiger partial charge on any atom is -0.480 e. The summed E-state index contributed by atoms with van der Waals surface area (Å²) in [7, 11) is 0. The molecular weight excluding hydrogens is 241 g/mol. The molecule has 3 N–H and O–H groups in total. The van der Waals surface area contributed by atoms with Gasteiger partial charge in [0, 0.05) is 0 Å². The van der Waals surface area contributed by atoms with Crippen LogP contribution in [-0.4, -0.2) is 16.6 Å². The number of aliphatic carboxylic acids is 1. The van der Waals surface area contributed by atoms with E-state index in [0.717, 1.165) is 12.0 Å². The molecule has 56 valence electrons. The molecule has 0 aliphatic heterocycles. The van der Waals surface area contributed by atoms with Gasteiger partial charge in [-0.1, -0.05) is 22.6 Å². The molecule has 0 aromatic carbocycles. The van der Waals surface area contributed by atoms with Crippen molar-refractivity contribution in [3.8, 4) is 0 Å². The van der Waals surface area contributed by atoms with Crippen molar-refractivity contribution in [1.29, 1.82) is 0 Å². The average Bonchev–Trinajstić information content (AvgIpc) is 1.85. The lowest BCUT2D eigenvalue weighted by Crippen LogP contribution is -2.55.